The highest BCUT2D eigenvalue weighted by atomic mass is 32.2. The second-order valence-electron chi connectivity index (χ2n) is 8.05. The van der Waals surface area contributed by atoms with Gasteiger partial charge in [0.05, 0.1) is 22.5 Å². The molecule has 0 saturated heterocycles. The highest BCUT2D eigenvalue weighted by molar-refractivity contribution is 7.81. The number of nitrogens with one attached hydrogen (secondary N) is 1. The number of aromatic nitrogens is 1. The molecule has 2 atom stereocenters. The maximum atomic E-state index is 13.2. The molecule has 1 amide bonds. The van der Waals surface area contributed by atoms with Gasteiger partial charge in [-0.1, -0.05) is 49.6 Å². The van der Waals surface area contributed by atoms with Crippen molar-refractivity contribution in [1.29, 1.82) is 0 Å². The number of pyridine rings is 1. The Morgan fingerprint density at radius 2 is 1.77 bits per heavy atom. The minimum atomic E-state index is -2.39. The summed E-state index contributed by atoms with van der Waals surface area (Å²) in [6.45, 7) is 2.05. The number of amides is 1. The second-order valence-corrected chi connectivity index (χ2v) is 8.88. The predicted octanol–water partition coefficient (Wildman–Crippen LogP) is 5.21. The topological polar surface area (TPSA) is 82.5 Å². The number of benzene rings is 2. The number of anilines is 2. The first-order chi connectivity index (χ1) is 15.1. The molecule has 2 aromatic carbocycles. The molecule has 0 bridgehead atoms. The summed E-state index contributed by atoms with van der Waals surface area (Å²) in [7, 11) is 0. The Balaban J connectivity index is 1.70. The number of carbonyl (C=O) groups excluding carboxylic acids is 1. The fraction of sp³-hybridized carbons (Fsp3) is 0.333. The molecule has 1 aliphatic carbocycles. The first-order valence-corrected chi connectivity index (χ1v) is 11.8. The van der Waals surface area contributed by atoms with Gasteiger partial charge >= 0.3 is 0 Å². The maximum absolute atomic E-state index is 13.2. The molecule has 0 radical (unpaired) electrons. The lowest BCUT2D eigenvalue weighted by molar-refractivity contribution is 0.0920. The lowest BCUT2D eigenvalue weighted by Gasteiger charge is -2.29. The van der Waals surface area contributed by atoms with Crippen molar-refractivity contribution in [1.82, 2.24) is 10.3 Å². The Bertz CT molecular complexity index is 1090. The SMILES string of the molecule is CC(NC(=O)c1ccccc1N(c1cccc2cccnc12)S(=O)O)C1CCCCC1. The van der Waals surface area contributed by atoms with Crippen molar-refractivity contribution in [3.8, 4) is 0 Å². The first kappa shape index (κ1) is 21.5. The highest BCUT2D eigenvalue weighted by Gasteiger charge is 2.26. The molecule has 31 heavy (non-hydrogen) atoms. The van der Waals surface area contributed by atoms with Crippen LogP contribution in [0.5, 0.6) is 0 Å². The van der Waals surface area contributed by atoms with Gasteiger partial charge in [-0.3, -0.25) is 14.3 Å². The smallest absolute Gasteiger partial charge is 0.266 e. The van der Waals surface area contributed by atoms with E-state index in [1.807, 2.05) is 31.2 Å². The van der Waals surface area contributed by atoms with Crippen molar-refractivity contribution in [2.24, 2.45) is 5.92 Å². The minimum Gasteiger partial charge on any atom is -0.349 e. The van der Waals surface area contributed by atoms with Gasteiger partial charge in [-0.2, -0.15) is 0 Å². The van der Waals surface area contributed by atoms with Crippen LogP contribution < -0.4 is 9.62 Å². The predicted molar refractivity (Wildman–Crippen MR) is 125 cm³/mol. The molecule has 0 spiro atoms. The summed E-state index contributed by atoms with van der Waals surface area (Å²) in [4.78, 5) is 17.6. The normalized spacial score (nSPS) is 16.6. The molecule has 1 aliphatic rings. The monoisotopic (exact) mass is 437 g/mol. The van der Waals surface area contributed by atoms with Gasteiger partial charge in [-0.25, -0.2) is 8.51 Å². The van der Waals surface area contributed by atoms with Crippen molar-refractivity contribution in [2.75, 3.05) is 4.31 Å². The van der Waals surface area contributed by atoms with Crippen molar-refractivity contribution in [3.05, 3.63) is 66.4 Å². The summed E-state index contributed by atoms with van der Waals surface area (Å²) in [6, 6.07) is 16.1. The molecule has 7 heteroatoms. The van der Waals surface area contributed by atoms with Crippen molar-refractivity contribution < 1.29 is 13.6 Å². The van der Waals surface area contributed by atoms with E-state index >= 15 is 0 Å². The van der Waals surface area contributed by atoms with Crippen LogP contribution in [0.4, 0.5) is 11.4 Å². The zero-order valence-electron chi connectivity index (χ0n) is 17.5. The van der Waals surface area contributed by atoms with Crippen LogP contribution in [0.25, 0.3) is 10.9 Å². The molecule has 2 unspecified atom stereocenters. The summed E-state index contributed by atoms with van der Waals surface area (Å²) in [5, 5.41) is 3.98. The fourth-order valence-electron chi connectivity index (χ4n) is 4.43. The van der Waals surface area contributed by atoms with E-state index in [2.05, 4.69) is 10.3 Å². The van der Waals surface area contributed by atoms with E-state index in [9.17, 15) is 13.6 Å². The van der Waals surface area contributed by atoms with Gasteiger partial charge in [0.1, 0.15) is 0 Å². The van der Waals surface area contributed by atoms with Crippen LogP contribution in [0.15, 0.2) is 60.8 Å². The molecule has 1 fully saturated rings. The summed E-state index contributed by atoms with van der Waals surface area (Å²) in [5.41, 5.74) is 1.80. The van der Waals surface area contributed by atoms with Crippen LogP contribution in [0.2, 0.25) is 0 Å². The second kappa shape index (κ2) is 9.58. The summed E-state index contributed by atoms with van der Waals surface area (Å²) in [6.07, 6.45) is 7.56. The van der Waals surface area contributed by atoms with Crippen LogP contribution in [0.3, 0.4) is 0 Å². The van der Waals surface area contributed by atoms with Crippen LogP contribution in [0, 0.1) is 5.92 Å². The maximum Gasteiger partial charge on any atom is 0.266 e. The summed E-state index contributed by atoms with van der Waals surface area (Å²) < 4.78 is 23.9. The van der Waals surface area contributed by atoms with Gasteiger partial charge in [0.2, 0.25) is 0 Å². The van der Waals surface area contributed by atoms with Crippen LogP contribution in [-0.4, -0.2) is 25.7 Å². The van der Waals surface area contributed by atoms with Gasteiger partial charge in [-0.15, -0.1) is 0 Å². The number of hydrogen-bond acceptors (Lipinski definition) is 3. The Hall–Kier alpha value is -2.77. The van der Waals surface area contributed by atoms with E-state index in [1.54, 1.807) is 36.5 Å². The average molecular weight is 438 g/mol. The molecule has 6 nitrogen and oxygen atoms in total. The molecule has 162 valence electrons. The molecule has 3 aromatic rings. The molecule has 1 heterocycles. The lowest BCUT2D eigenvalue weighted by atomic mass is 9.84. The van der Waals surface area contributed by atoms with Crippen LogP contribution in [0.1, 0.15) is 49.4 Å². The zero-order valence-corrected chi connectivity index (χ0v) is 18.3. The molecular weight excluding hydrogens is 410 g/mol. The van der Waals surface area contributed by atoms with E-state index in [-0.39, 0.29) is 11.9 Å². The third kappa shape index (κ3) is 4.62. The number of rotatable bonds is 6. The molecule has 1 saturated carbocycles. The van der Waals surface area contributed by atoms with E-state index < -0.39 is 11.3 Å². The number of para-hydroxylation sites is 2. The van der Waals surface area contributed by atoms with Gasteiger partial charge in [0, 0.05) is 17.6 Å². The van der Waals surface area contributed by atoms with Gasteiger partial charge < -0.3 is 5.32 Å². The van der Waals surface area contributed by atoms with E-state index in [0.29, 0.717) is 28.4 Å². The largest absolute Gasteiger partial charge is 0.349 e. The molecule has 0 aliphatic heterocycles. The van der Waals surface area contributed by atoms with Gasteiger partial charge in [-0.05, 0) is 49.9 Å². The van der Waals surface area contributed by atoms with E-state index in [1.165, 1.54) is 23.6 Å². The van der Waals surface area contributed by atoms with E-state index in [0.717, 1.165) is 18.2 Å². The average Bonchev–Trinajstić information content (AvgIpc) is 2.80. The van der Waals surface area contributed by atoms with Gasteiger partial charge in [0.25, 0.3) is 17.2 Å². The Kier molecular flexibility index (Phi) is 6.63. The fourth-order valence-corrected chi connectivity index (χ4v) is 5.07. The zero-order chi connectivity index (χ0) is 21.8. The van der Waals surface area contributed by atoms with E-state index in [4.69, 9.17) is 0 Å². The number of nitrogens with zero attached hydrogens (tertiary/aromatic N) is 2. The van der Waals surface area contributed by atoms with Crippen molar-refractivity contribution >= 4 is 39.5 Å². The standard InChI is InChI=1S/C24H27N3O3S/c1-17(18-9-3-2-4-10-18)26-24(28)20-13-5-6-14-21(20)27(31(29)30)22-15-7-11-19-12-8-16-25-23(19)22/h5-8,11-18H,2-4,9-10H2,1H3,(H,26,28)(H,29,30). The molecule has 1 aromatic heterocycles. The number of fused-ring (bicyclic) bond motifs is 1. The molecule has 4 rings (SSSR count). The Morgan fingerprint density at radius 1 is 1.06 bits per heavy atom. The molecular formula is C24H27N3O3S. The van der Waals surface area contributed by atoms with Crippen LogP contribution >= 0.6 is 0 Å². The summed E-state index contributed by atoms with van der Waals surface area (Å²) >= 11 is -2.39. The minimum absolute atomic E-state index is 0.0492. The Morgan fingerprint density at radius 3 is 2.55 bits per heavy atom. The van der Waals surface area contributed by atoms with Crippen LogP contribution in [-0.2, 0) is 11.3 Å². The Labute approximate surface area is 185 Å². The summed E-state index contributed by atoms with van der Waals surface area (Å²) in [5.74, 6) is 0.229. The number of carbonyl (C=O) groups is 1. The third-order valence-electron chi connectivity index (χ3n) is 6.07. The quantitative estimate of drug-likeness (QED) is 0.519. The number of hydrogen-bond donors (Lipinski definition) is 2. The third-order valence-corrected chi connectivity index (χ3v) is 6.78. The van der Waals surface area contributed by atoms with Gasteiger partial charge in [0.15, 0.2) is 0 Å². The molecule has 2 N–H and O–H groups in total. The highest BCUT2D eigenvalue weighted by Crippen LogP contribution is 2.34. The first-order valence-electron chi connectivity index (χ1n) is 10.7. The lowest BCUT2D eigenvalue weighted by Crippen LogP contribution is -2.39. The van der Waals surface area contributed by atoms with Crippen molar-refractivity contribution in [2.45, 2.75) is 45.1 Å². The van der Waals surface area contributed by atoms with Crippen molar-refractivity contribution in [3.63, 3.8) is 0 Å².